The highest BCUT2D eigenvalue weighted by Crippen LogP contribution is 1.90. The third-order valence-corrected chi connectivity index (χ3v) is 3.36. The fraction of sp³-hybridized carbons (Fsp3) is 0.571. The number of carbonyl (C=O) groups excluding carboxylic acids is 2. The van der Waals surface area contributed by atoms with E-state index in [0.29, 0.717) is 9.13 Å². The van der Waals surface area contributed by atoms with Gasteiger partial charge < -0.3 is 14.3 Å². The highest BCUT2D eigenvalue weighted by molar-refractivity contribution is 5.69. The predicted octanol–water partition coefficient (Wildman–Crippen LogP) is -1.78. The molecule has 11 nitrogen and oxygen atoms in total. The van der Waals surface area contributed by atoms with E-state index in [1.165, 1.54) is 0 Å². The summed E-state index contributed by atoms with van der Waals surface area (Å²) in [4.78, 5) is 62.6. The Labute approximate surface area is 141 Å². The number of carbonyl (C=O) groups is 2. The molecule has 0 aliphatic heterocycles. The van der Waals surface area contributed by atoms with Gasteiger partial charge in [0.1, 0.15) is 6.54 Å². The molecule has 0 saturated carbocycles. The molecule has 1 aromatic rings. The second kappa shape index (κ2) is 9.21. The maximum absolute atomic E-state index is 12.4. The summed E-state index contributed by atoms with van der Waals surface area (Å²) in [6.07, 6.45) is -0.493. The number of esters is 2. The lowest BCUT2D eigenvalue weighted by Crippen LogP contribution is -2.55. The van der Waals surface area contributed by atoms with Crippen molar-refractivity contribution >= 4 is 11.9 Å². The summed E-state index contributed by atoms with van der Waals surface area (Å²) in [5.41, 5.74) is -2.78. The Hall–Kier alpha value is -3.16. The SMILES string of the molecule is [C-]#[N+]CCn1c(=O)n(CCC(=O)OC)c(=O)n(CCC(=O)OC)c1=O. The van der Waals surface area contributed by atoms with E-state index in [1.807, 2.05) is 0 Å². The van der Waals surface area contributed by atoms with E-state index in [9.17, 15) is 24.0 Å². The lowest BCUT2D eigenvalue weighted by molar-refractivity contribution is -0.141. The molecule has 0 saturated heterocycles. The number of ether oxygens (including phenoxy) is 2. The molecule has 1 aromatic heterocycles. The molecule has 25 heavy (non-hydrogen) atoms. The first-order valence-electron chi connectivity index (χ1n) is 7.28. The molecule has 0 aromatic carbocycles. The van der Waals surface area contributed by atoms with Crippen LogP contribution in [0.15, 0.2) is 14.4 Å². The van der Waals surface area contributed by atoms with E-state index in [4.69, 9.17) is 6.57 Å². The molecule has 0 aliphatic rings. The number of aromatic nitrogens is 3. The molecule has 0 fully saturated rings. The number of hydrogen-bond donors (Lipinski definition) is 0. The maximum Gasteiger partial charge on any atom is 0.336 e. The van der Waals surface area contributed by atoms with Gasteiger partial charge in [0.25, 0.3) is 0 Å². The van der Waals surface area contributed by atoms with Crippen LogP contribution in [0.4, 0.5) is 0 Å². The van der Waals surface area contributed by atoms with Crippen molar-refractivity contribution in [1.82, 2.24) is 13.7 Å². The van der Waals surface area contributed by atoms with Gasteiger partial charge in [0.15, 0.2) is 0 Å². The summed E-state index contributed by atoms with van der Waals surface area (Å²) in [6, 6.07) is 0. The van der Waals surface area contributed by atoms with Crippen molar-refractivity contribution in [3.05, 3.63) is 42.9 Å². The lowest BCUT2D eigenvalue weighted by atomic mass is 10.4. The molecule has 1 heterocycles. The second-order valence-corrected chi connectivity index (χ2v) is 4.84. The van der Waals surface area contributed by atoms with Gasteiger partial charge in [-0.05, 0) is 0 Å². The van der Waals surface area contributed by atoms with Crippen molar-refractivity contribution in [3.8, 4) is 0 Å². The van der Waals surface area contributed by atoms with E-state index < -0.39 is 29.0 Å². The summed E-state index contributed by atoms with van der Waals surface area (Å²) in [5.74, 6) is -1.27. The van der Waals surface area contributed by atoms with Crippen LogP contribution >= 0.6 is 0 Å². The summed E-state index contributed by atoms with van der Waals surface area (Å²) in [7, 11) is 2.33. The van der Waals surface area contributed by atoms with E-state index in [0.717, 1.165) is 18.8 Å². The Bertz CT molecular complexity index is 798. The van der Waals surface area contributed by atoms with Crippen LogP contribution in [0.2, 0.25) is 0 Å². The molecule has 0 amide bonds. The van der Waals surface area contributed by atoms with Gasteiger partial charge in [-0.15, -0.1) is 0 Å². The highest BCUT2D eigenvalue weighted by atomic mass is 16.5. The normalized spacial score (nSPS) is 10.1. The number of hydrogen-bond acceptors (Lipinski definition) is 7. The van der Waals surface area contributed by atoms with Gasteiger partial charge in [-0.25, -0.2) is 34.7 Å². The van der Waals surface area contributed by atoms with Gasteiger partial charge in [0, 0.05) is 13.1 Å². The van der Waals surface area contributed by atoms with Crippen molar-refractivity contribution < 1.29 is 19.1 Å². The topological polar surface area (TPSA) is 123 Å². The van der Waals surface area contributed by atoms with Crippen molar-refractivity contribution in [2.24, 2.45) is 0 Å². The fourth-order valence-corrected chi connectivity index (χ4v) is 2.02. The standard InChI is InChI=1S/C14H18N4O7/c1-15-6-9-18-13(22)16(7-4-10(19)24-2)12(21)17(14(18)23)8-5-11(20)25-3/h4-9H2,2-3H3. The molecule has 0 aliphatic carbocycles. The van der Waals surface area contributed by atoms with Crippen LogP contribution in [0.1, 0.15) is 12.8 Å². The molecule has 1 rings (SSSR count). The van der Waals surface area contributed by atoms with Crippen LogP contribution in [-0.2, 0) is 38.7 Å². The lowest BCUT2D eigenvalue weighted by Gasteiger charge is -2.12. The Morgan fingerprint density at radius 3 is 1.52 bits per heavy atom. The van der Waals surface area contributed by atoms with Crippen LogP contribution in [0, 0.1) is 6.57 Å². The van der Waals surface area contributed by atoms with Crippen LogP contribution in [0.3, 0.4) is 0 Å². The van der Waals surface area contributed by atoms with Crippen molar-refractivity contribution in [3.63, 3.8) is 0 Å². The Kier molecular flexibility index (Phi) is 7.33. The molecule has 0 atom stereocenters. The predicted molar refractivity (Wildman–Crippen MR) is 84.0 cm³/mol. The van der Waals surface area contributed by atoms with Gasteiger partial charge in [0.05, 0.1) is 27.1 Å². The smallest absolute Gasteiger partial charge is 0.336 e. The summed E-state index contributed by atoms with van der Waals surface area (Å²) >= 11 is 0. The number of rotatable bonds is 8. The number of nitrogens with zero attached hydrogens (tertiary/aromatic N) is 4. The van der Waals surface area contributed by atoms with E-state index in [2.05, 4.69) is 14.3 Å². The first kappa shape index (κ1) is 19.9. The van der Waals surface area contributed by atoms with Gasteiger partial charge in [0.2, 0.25) is 6.54 Å². The van der Waals surface area contributed by atoms with E-state index in [-0.39, 0.29) is 39.0 Å². The molecular weight excluding hydrogens is 336 g/mol. The zero-order valence-electron chi connectivity index (χ0n) is 13.9. The van der Waals surface area contributed by atoms with Crippen LogP contribution < -0.4 is 17.1 Å². The molecular formula is C14H18N4O7. The van der Waals surface area contributed by atoms with Gasteiger partial charge >= 0.3 is 29.0 Å². The van der Waals surface area contributed by atoms with Crippen molar-refractivity contribution in [2.45, 2.75) is 32.5 Å². The quantitative estimate of drug-likeness (QED) is 0.399. The summed E-state index contributed by atoms with van der Waals surface area (Å²) < 4.78 is 11.1. The summed E-state index contributed by atoms with van der Waals surface area (Å²) in [5, 5.41) is 0. The van der Waals surface area contributed by atoms with Crippen LogP contribution in [0.5, 0.6) is 0 Å². The third kappa shape index (κ3) is 4.90. The van der Waals surface area contributed by atoms with Crippen molar-refractivity contribution in [2.75, 3.05) is 20.8 Å². The molecule has 0 radical (unpaired) electrons. The molecule has 0 unspecified atom stereocenters. The fourth-order valence-electron chi connectivity index (χ4n) is 2.02. The first-order valence-corrected chi connectivity index (χ1v) is 7.28. The van der Waals surface area contributed by atoms with Crippen LogP contribution in [0.25, 0.3) is 4.85 Å². The monoisotopic (exact) mass is 354 g/mol. The zero-order chi connectivity index (χ0) is 19.0. The van der Waals surface area contributed by atoms with Gasteiger partial charge in [-0.1, -0.05) is 0 Å². The molecule has 136 valence electrons. The average Bonchev–Trinajstić information content (AvgIpc) is 2.60. The van der Waals surface area contributed by atoms with Gasteiger partial charge in [-0.2, -0.15) is 0 Å². The highest BCUT2D eigenvalue weighted by Gasteiger charge is 2.17. The molecule has 0 N–H and O–H groups in total. The third-order valence-electron chi connectivity index (χ3n) is 3.36. The largest absolute Gasteiger partial charge is 0.469 e. The maximum atomic E-state index is 12.4. The molecule has 0 bridgehead atoms. The Balaban J connectivity index is 3.39. The minimum absolute atomic E-state index is 0.138. The average molecular weight is 354 g/mol. The number of methoxy groups -OCH3 is 2. The minimum Gasteiger partial charge on any atom is -0.469 e. The molecule has 11 heteroatoms. The Morgan fingerprint density at radius 2 is 1.20 bits per heavy atom. The second-order valence-electron chi connectivity index (χ2n) is 4.84. The van der Waals surface area contributed by atoms with E-state index in [1.54, 1.807) is 0 Å². The van der Waals surface area contributed by atoms with Crippen molar-refractivity contribution in [1.29, 1.82) is 0 Å². The Morgan fingerprint density at radius 1 is 0.840 bits per heavy atom. The van der Waals surface area contributed by atoms with Gasteiger partial charge in [-0.3, -0.25) is 9.59 Å². The summed E-state index contributed by atoms with van der Waals surface area (Å²) in [6.45, 7) is 5.85. The molecule has 0 spiro atoms. The zero-order valence-corrected chi connectivity index (χ0v) is 13.9. The van der Waals surface area contributed by atoms with E-state index >= 15 is 0 Å². The van der Waals surface area contributed by atoms with Crippen LogP contribution in [-0.4, -0.2) is 46.4 Å². The first-order chi connectivity index (χ1) is 11.9. The minimum atomic E-state index is -0.943.